The molecule has 0 radical (unpaired) electrons. The normalized spacial score (nSPS) is 20.0. The van der Waals surface area contributed by atoms with Gasteiger partial charge in [0.2, 0.25) is 0 Å². The van der Waals surface area contributed by atoms with Gasteiger partial charge >= 0.3 is 0 Å². The Hall–Kier alpha value is -0.180. The minimum absolute atomic E-state index is 0.312. The molecule has 23 heavy (non-hydrogen) atoms. The summed E-state index contributed by atoms with van der Waals surface area (Å²) in [5.74, 6) is 0. The molecule has 0 spiro atoms. The highest BCUT2D eigenvalue weighted by Gasteiger charge is 2.32. The van der Waals surface area contributed by atoms with Crippen LogP contribution >= 0.6 is 22.9 Å². The molecule has 0 N–H and O–H groups in total. The molecule has 0 saturated carbocycles. The lowest BCUT2D eigenvalue weighted by atomic mass is 10.2. The lowest BCUT2D eigenvalue weighted by Crippen LogP contribution is -2.45. The van der Waals surface area contributed by atoms with Gasteiger partial charge in [0, 0.05) is 25.7 Å². The summed E-state index contributed by atoms with van der Waals surface area (Å²) in [5.41, 5.74) is 0. The minimum Gasteiger partial charge on any atom is -0.308 e. The maximum Gasteiger partial charge on any atom is 0.252 e. The van der Waals surface area contributed by atoms with Gasteiger partial charge in [0.15, 0.2) is 0 Å². The molecule has 0 amide bonds. The summed E-state index contributed by atoms with van der Waals surface area (Å²) in [6.45, 7) is 5.93. The van der Waals surface area contributed by atoms with E-state index in [9.17, 15) is 8.42 Å². The Morgan fingerprint density at radius 3 is 2.65 bits per heavy atom. The minimum atomic E-state index is -3.48. The molecule has 1 atom stereocenters. The summed E-state index contributed by atoms with van der Waals surface area (Å²) in [4.78, 5) is 4.38. The van der Waals surface area contributed by atoms with Crippen LogP contribution in [0.15, 0.2) is 16.3 Å². The van der Waals surface area contributed by atoms with Gasteiger partial charge in [-0.15, -0.1) is 11.3 Å². The van der Waals surface area contributed by atoms with Crippen molar-refractivity contribution in [2.24, 2.45) is 0 Å². The van der Waals surface area contributed by atoms with E-state index in [1.165, 1.54) is 0 Å². The fourth-order valence-electron chi connectivity index (χ4n) is 2.94. The maximum atomic E-state index is 13.0. The van der Waals surface area contributed by atoms with Crippen molar-refractivity contribution in [2.75, 3.05) is 46.8 Å². The van der Waals surface area contributed by atoms with Gasteiger partial charge < -0.3 is 4.90 Å². The molecule has 1 aromatic heterocycles. The van der Waals surface area contributed by atoms with Gasteiger partial charge in [-0.3, -0.25) is 4.90 Å². The van der Waals surface area contributed by atoms with E-state index in [2.05, 4.69) is 11.8 Å². The predicted octanol–water partition coefficient (Wildman–Crippen LogP) is 2.44. The van der Waals surface area contributed by atoms with Gasteiger partial charge in [-0.2, -0.15) is 4.31 Å². The first kappa shape index (κ1) is 19.1. The lowest BCUT2D eigenvalue weighted by Gasteiger charge is -2.30. The summed E-state index contributed by atoms with van der Waals surface area (Å²) in [6.07, 6.45) is 2.21. The first-order chi connectivity index (χ1) is 10.8. The lowest BCUT2D eigenvalue weighted by molar-refractivity contribution is 0.220. The van der Waals surface area contributed by atoms with Crippen molar-refractivity contribution < 1.29 is 8.42 Å². The van der Waals surface area contributed by atoms with Crippen molar-refractivity contribution in [3.05, 3.63) is 16.5 Å². The van der Waals surface area contributed by atoms with Crippen molar-refractivity contribution in [2.45, 2.75) is 30.0 Å². The number of rotatable bonds is 8. The average Bonchev–Trinajstić information content (AvgIpc) is 3.11. The third-order valence-electron chi connectivity index (χ3n) is 4.26. The largest absolute Gasteiger partial charge is 0.308 e. The van der Waals surface area contributed by atoms with Crippen LogP contribution in [0, 0.1) is 0 Å². The zero-order valence-corrected chi connectivity index (χ0v) is 16.4. The number of sulfonamides is 1. The highest BCUT2D eigenvalue weighted by Crippen LogP contribution is 2.29. The monoisotopic (exact) mass is 379 g/mol. The number of nitrogens with zero attached hydrogens (tertiary/aromatic N) is 3. The second-order valence-electron chi connectivity index (χ2n) is 6.15. The van der Waals surface area contributed by atoms with Gasteiger partial charge in [0.25, 0.3) is 10.0 Å². The summed E-state index contributed by atoms with van der Waals surface area (Å²) in [6, 6.07) is 3.57. The Labute approximate surface area is 148 Å². The molecule has 1 aliphatic rings. The molecule has 0 aromatic carbocycles. The SMILES string of the molecule is CCN1CCCC1CN(CCN(C)C)S(=O)(=O)c1ccc(Cl)s1. The van der Waals surface area contributed by atoms with Crippen LogP contribution in [0.1, 0.15) is 19.8 Å². The fraction of sp³-hybridized carbons (Fsp3) is 0.733. The number of thiophene rings is 1. The summed E-state index contributed by atoms with van der Waals surface area (Å²) in [5, 5.41) is 0. The highest BCUT2D eigenvalue weighted by atomic mass is 35.5. The van der Waals surface area contributed by atoms with Crippen LogP contribution in [0.4, 0.5) is 0 Å². The van der Waals surface area contributed by atoms with Crippen molar-refractivity contribution in [3.63, 3.8) is 0 Å². The summed E-state index contributed by atoms with van der Waals surface area (Å²) >= 11 is 7.06. The number of hydrogen-bond acceptors (Lipinski definition) is 5. The molecule has 0 aliphatic carbocycles. The molecule has 1 unspecified atom stereocenters. The second-order valence-corrected chi connectivity index (χ2v) is 10.0. The zero-order chi connectivity index (χ0) is 17.0. The molecular weight excluding hydrogens is 354 g/mol. The van der Waals surface area contributed by atoms with Crippen LogP contribution in [0.3, 0.4) is 0 Å². The molecule has 2 rings (SSSR count). The average molecular weight is 380 g/mol. The highest BCUT2D eigenvalue weighted by molar-refractivity contribution is 7.91. The number of hydrogen-bond donors (Lipinski definition) is 0. The Bertz CT molecular complexity index is 604. The number of likely N-dealkylation sites (tertiary alicyclic amines) is 1. The maximum absolute atomic E-state index is 13.0. The van der Waals surface area contributed by atoms with E-state index in [4.69, 9.17) is 11.6 Å². The smallest absolute Gasteiger partial charge is 0.252 e. The Morgan fingerprint density at radius 1 is 1.35 bits per heavy atom. The van der Waals surface area contributed by atoms with Crippen LogP contribution in [0.25, 0.3) is 0 Å². The molecule has 0 bridgehead atoms. The second kappa shape index (κ2) is 8.27. The van der Waals surface area contributed by atoms with Crippen LogP contribution < -0.4 is 0 Å². The molecule has 1 saturated heterocycles. The molecule has 1 aromatic rings. The van der Waals surface area contributed by atoms with Crippen molar-refractivity contribution in [1.29, 1.82) is 0 Å². The van der Waals surface area contributed by atoms with E-state index in [-0.39, 0.29) is 0 Å². The molecule has 5 nitrogen and oxygen atoms in total. The summed E-state index contributed by atoms with van der Waals surface area (Å²) in [7, 11) is 0.437. The molecule has 2 heterocycles. The first-order valence-electron chi connectivity index (χ1n) is 7.99. The van der Waals surface area contributed by atoms with Crippen molar-refractivity contribution >= 4 is 33.0 Å². The standard InChI is InChI=1S/C15H26ClN3O2S2/c1-4-18-9-5-6-13(18)12-19(11-10-17(2)3)23(20,21)15-8-7-14(16)22-15/h7-8,13H,4-6,9-12H2,1-3H3. The van der Waals surface area contributed by atoms with Crippen LogP contribution in [-0.2, 0) is 10.0 Å². The molecule has 1 fully saturated rings. The van der Waals surface area contributed by atoms with Crippen LogP contribution in [0.5, 0.6) is 0 Å². The Kier molecular flexibility index (Phi) is 6.88. The quantitative estimate of drug-likeness (QED) is 0.695. The van der Waals surface area contributed by atoms with Crippen molar-refractivity contribution in [3.8, 4) is 0 Å². The van der Waals surface area contributed by atoms with Gasteiger partial charge in [-0.25, -0.2) is 8.42 Å². The van der Waals surface area contributed by atoms with Crippen molar-refractivity contribution in [1.82, 2.24) is 14.1 Å². The van der Waals surface area contributed by atoms with E-state index >= 15 is 0 Å². The van der Waals surface area contributed by atoms with Crippen LogP contribution in [0.2, 0.25) is 4.34 Å². The fourth-order valence-corrected chi connectivity index (χ4v) is 6.04. The van der Waals surface area contributed by atoms with E-state index in [0.717, 1.165) is 37.3 Å². The number of likely N-dealkylation sites (N-methyl/N-ethyl adjacent to an activating group) is 2. The molecular formula is C15H26ClN3O2S2. The molecule has 1 aliphatic heterocycles. The predicted molar refractivity (Wildman–Crippen MR) is 96.9 cm³/mol. The van der Waals surface area contributed by atoms with E-state index < -0.39 is 10.0 Å². The Morgan fingerprint density at radius 2 is 2.09 bits per heavy atom. The molecule has 132 valence electrons. The van der Waals surface area contributed by atoms with Gasteiger partial charge in [-0.1, -0.05) is 18.5 Å². The molecule has 8 heteroatoms. The van der Waals surface area contributed by atoms with Crippen LogP contribution in [-0.4, -0.2) is 75.4 Å². The van der Waals surface area contributed by atoms with E-state index in [0.29, 0.717) is 34.2 Å². The zero-order valence-electron chi connectivity index (χ0n) is 14.0. The van der Waals surface area contributed by atoms with Gasteiger partial charge in [-0.05, 0) is 52.2 Å². The third kappa shape index (κ3) is 4.90. The third-order valence-corrected chi connectivity index (χ3v) is 7.82. The van der Waals surface area contributed by atoms with E-state index in [1.807, 2.05) is 19.0 Å². The first-order valence-corrected chi connectivity index (χ1v) is 10.6. The van der Waals surface area contributed by atoms with E-state index in [1.54, 1.807) is 16.4 Å². The Balaban J connectivity index is 2.19. The number of halogens is 1. The topological polar surface area (TPSA) is 43.9 Å². The van der Waals surface area contributed by atoms with Gasteiger partial charge in [0.1, 0.15) is 4.21 Å². The van der Waals surface area contributed by atoms with Gasteiger partial charge in [0.05, 0.1) is 4.34 Å². The summed E-state index contributed by atoms with van der Waals surface area (Å²) < 4.78 is 28.4.